The molecule has 7 aromatic carbocycles. The van der Waals surface area contributed by atoms with Crippen molar-refractivity contribution in [3.8, 4) is 40.2 Å². The van der Waals surface area contributed by atoms with E-state index in [0.717, 1.165) is 97.7 Å². The number of hydrogen-bond donors (Lipinski definition) is 5. The molecule has 0 aliphatic carbocycles. The number of phenolic OH excluding ortho intramolecular Hbond substituents is 1. The summed E-state index contributed by atoms with van der Waals surface area (Å²) in [5, 5.41) is 41.7. The molecule has 4 atom stereocenters. The molecule has 1 amide bonds. The van der Waals surface area contributed by atoms with Crippen LogP contribution in [-0.4, -0.2) is 226 Å². The van der Waals surface area contributed by atoms with Gasteiger partial charge < -0.3 is 132 Å². The molecule has 0 saturated carbocycles. The van der Waals surface area contributed by atoms with Crippen molar-refractivity contribution in [3.63, 3.8) is 0 Å². The molecule has 3 saturated heterocycles. The van der Waals surface area contributed by atoms with E-state index in [9.17, 15) is 34.3 Å². The monoisotopic (exact) mass is 2290 g/mol. The first-order valence-electron chi connectivity index (χ1n) is 46.5. The average molecular weight is 2290 g/mol. The minimum atomic E-state index is -1.15. The summed E-state index contributed by atoms with van der Waals surface area (Å²) in [6.07, 6.45) is 4.68. The van der Waals surface area contributed by atoms with Crippen molar-refractivity contribution >= 4 is 181 Å². The third kappa shape index (κ3) is 36.3. The van der Waals surface area contributed by atoms with E-state index in [4.69, 9.17) is 120 Å². The Hall–Kier alpha value is -4.64. The van der Waals surface area contributed by atoms with Gasteiger partial charge in [0.25, 0.3) is 6.47 Å². The second-order valence-corrected chi connectivity index (χ2v) is 39.0. The van der Waals surface area contributed by atoms with Crippen LogP contribution in [-0.2, 0) is 74.9 Å². The number of nitro groups is 1. The largest absolute Gasteiger partial charge is 1.00 e. The fraction of sp³-hybridized carbons (Fsp3) is 0.505. The number of alkyl carbamates (subject to hydrolysis) is 1. The Kier molecular flexibility index (Phi) is 57.1. The summed E-state index contributed by atoms with van der Waals surface area (Å²) in [6.45, 7) is 43.6. The molecule has 10 aliphatic rings. The number of halogens is 5. The molecule has 0 bridgehead atoms. The number of ether oxygens (including phenoxy) is 7. The number of nitrogens with one attached hydrogen (secondary N) is 1. The van der Waals surface area contributed by atoms with Gasteiger partial charge in [0.2, 0.25) is 6.54 Å². The summed E-state index contributed by atoms with van der Waals surface area (Å²) in [5.74, 6) is 4.53. The van der Waals surface area contributed by atoms with Gasteiger partial charge in [0.1, 0.15) is 78.1 Å². The molecule has 49 heteroatoms. The van der Waals surface area contributed by atoms with Crippen LogP contribution in [0.25, 0.3) is 0 Å². The van der Waals surface area contributed by atoms with E-state index in [1.54, 1.807) is 48.5 Å². The number of hydrogen-bond acceptors (Lipinski definition) is 33. The summed E-state index contributed by atoms with van der Waals surface area (Å²) in [6, 6.07) is 38.4. The fourth-order valence-electron chi connectivity index (χ4n) is 14.6. The number of nitrogens with two attached hydrogens (primary N) is 2. The van der Waals surface area contributed by atoms with Gasteiger partial charge in [-0.15, -0.1) is 24.8 Å². The number of rotatable bonds is 22. The SMILES string of the molecule is CC(C)(C)OC(=O)NCC1OB2OCCOc3cccc1c32.CC1(C)OB(B2OC(C)(C)C(C)(C)O2)OC1(C)C.CCCBr.CCCOc1cccc(C=O)c1B1OC(C)(C)C(C)(C)O1.CCCOc1cccc(C=O)c1Br.CCCOc1cccc2c1B(O)OC2C[N+](=O)[O-].Cl.Cl.NCC1OB2OCCOc3cccc1c32.NCC1OB2OCCOc3cccc1c32.O=CO[O-].O=Cc1cccc(O)c1Br.[H-].[K+].[K+]. The Morgan fingerprint density at radius 1 is 0.486 bits per heavy atom. The molecule has 17 rings (SSSR count). The molecule has 776 valence electrons. The van der Waals surface area contributed by atoms with Crippen LogP contribution in [0, 0.1) is 10.1 Å². The first-order chi connectivity index (χ1) is 66.4. The number of phenols is 1. The molecule has 144 heavy (non-hydrogen) atoms. The minimum Gasteiger partial charge on any atom is -1.00 e. The Balaban J connectivity index is 0.000000422. The van der Waals surface area contributed by atoms with Gasteiger partial charge in [0.15, 0.2) is 12.6 Å². The van der Waals surface area contributed by atoms with Gasteiger partial charge in [-0.05, 0) is 226 Å². The van der Waals surface area contributed by atoms with Crippen molar-refractivity contribution in [3.05, 3.63) is 185 Å². The molecule has 10 aliphatic heterocycles. The molecule has 3 fully saturated rings. The second-order valence-electron chi connectivity index (χ2n) is 36.6. The van der Waals surface area contributed by atoms with E-state index >= 15 is 0 Å². The quantitative estimate of drug-likeness (QED) is 0.0119. The summed E-state index contributed by atoms with van der Waals surface area (Å²) in [5.41, 5.74) is 18.0. The molecule has 7 N–H and O–H groups in total. The average Bonchev–Trinajstić information content (AvgIpc) is 1.60. The number of aldehydes is 3. The maximum absolute atomic E-state index is 11.8. The number of carbonyl (C=O) groups excluding carboxylic acids is 5. The fourth-order valence-corrected chi connectivity index (χ4v) is 15.5. The number of aromatic hydroxyl groups is 1. The van der Waals surface area contributed by atoms with Gasteiger partial charge in [-0.1, -0.05) is 129 Å². The van der Waals surface area contributed by atoms with Gasteiger partial charge in [-0.3, -0.25) is 29.3 Å². The van der Waals surface area contributed by atoms with Crippen molar-refractivity contribution in [2.75, 3.05) is 91.0 Å². The van der Waals surface area contributed by atoms with Crippen LogP contribution in [0.3, 0.4) is 0 Å². The first kappa shape index (κ1) is 132. The van der Waals surface area contributed by atoms with Crippen molar-refractivity contribution in [1.82, 2.24) is 5.32 Å². The van der Waals surface area contributed by atoms with Crippen molar-refractivity contribution in [1.29, 1.82) is 0 Å². The van der Waals surface area contributed by atoms with Crippen LogP contribution in [0.4, 0.5) is 4.79 Å². The molecule has 0 aromatic heterocycles. The topological polar surface area (TPSA) is 450 Å². The molecular weight excluding hydrogens is 2160 g/mol. The summed E-state index contributed by atoms with van der Waals surface area (Å²) < 4.78 is 115. The normalized spacial score (nSPS) is 18.8. The Morgan fingerprint density at radius 2 is 0.819 bits per heavy atom. The van der Waals surface area contributed by atoms with Gasteiger partial charge in [0, 0.05) is 73.9 Å². The van der Waals surface area contributed by atoms with E-state index in [-0.39, 0.29) is 203 Å². The predicted octanol–water partition coefficient (Wildman–Crippen LogP) is 6.58. The molecule has 0 spiro atoms. The first-order valence-corrected chi connectivity index (χ1v) is 49.2. The van der Waals surface area contributed by atoms with E-state index in [2.05, 4.69) is 64.9 Å². The Labute approximate surface area is 971 Å². The zero-order valence-electron chi connectivity index (χ0n) is 86.8. The standard InChI is InChI=1S/C16H23BO4.C15H20BNO5.C12H24B2O4.C11H14BNO5.2C10H12BNO3.C10H11BrO2.C7H5BrO2.C3H7Br.CH2O3.2ClH.2K.H/c1-6-10-19-13-9-7-8-12(11-18)14(13)17-20-15(2,3)16(4,5)21-17;1-15(2,3)21-14(18)17-9-12-10-5-4-6-11-13(10)16(22-12)20-8-7-19-11;1-9(2)10(3,4)16-13(15-9)14-17-11(5,6)12(7,8)18-14;1-2-6-17-9-5-3-4-8-10(7-13(15)16)18-12(14)11(8)9;2*12-6-9-7-2-1-3-8-10(7)11(15-9)14-5-4-13-8;1-2-6-13-9-5-3-4-8(7-12)10(9)11;8-7-5(4-9)2-1-3-6(7)10;1-2-3-4;2-1-4-3;;;;;/h7-9,11H,6,10H2,1-5H3;4-6,12H,7-9H2,1-3H3,(H,17,18);1-8H3;3-5,10,14H,2,6-7H2,1H3;2*1-3,9H,4-6,12H2;3-5,7H,2,6H2,1H3;1-4,10H;2-3H2,1H3;1,3H;2*1H;;;/q;;;;;;;;;;;;2*+1;-1/p-1. The van der Waals surface area contributed by atoms with Gasteiger partial charge >= 0.3 is 158 Å². The van der Waals surface area contributed by atoms with E-state index < -0.39 is 69.3 Å². The maximum atomic E-state index is 11.8. The molecular formula is C95H132B7Br3Cl2K2N4O31. The number of alkyl halides is 1. The summed E-state index contributed by atoms with van der Waals surface area (Å²) >= 11 is 9.62. The molecule has 4 unspecified atom stereocenters. The number of amides is 1. The number of nitrogens with zero attached hydrogens (tertiary/aromatic N) is 1. The van der Waals surface area contributed by atoms with Crippen LogP contribution in [0.15, 0.2) is 136 Å². The van der Waals surface area contributed by atoms with Gasteiger partial charge in [-0.2, -0.15) is 0 Å². The molecule has 7 aromatic rings. The smallest absolute Gasteiger partial charge is 1.00 e. The van der Waals surface area contributed by atoms with E-state index in [1.165, 1.54) is 12.5 Å². The minimum absolute atomic E-state index is 0. The summed E-state index contributed by atoms with van der Waals surface area (Å²) in [7, 11) is -3.73. The van der Waals surface area contributed by atoms with Crippen molar-refractivity contribution in [2.45, 2.75) is 221 Å². The second kappa shape index (κ2) is 62.5. The predicted molar refractivity (Wildman–Crippen MR) is 558 cm³/mol. The van der Waals surface area contributed by atoms with E-state index in [1.807, 2.05) is 197 Å². The Morgan fingerprint density at radius 3 is 1.18 bits per heavy atom. The Bertz CT molecular complexity index is 5070. The van der Waals surface area contributed by atoms with Crippen LogP contribution < -0.4 is 181 Å². The molecule has 10 heterocycles. The zero-order valence-corrected chi connectivity index (χ0v) is 98.4. The van der Waals surface area contributed by atoms with Crippen molar-refractivity contribution in [2.24, 2.45) is 11.5 Å². The van der Waals surface area contributed by atoms with E-state index in [0.29, 0.717) is 135 Å². The third-order valence-corrected chi connectivity index (χ3v) is 26.2. The maximum Gasteiger partial charge on any atom is 1.00 e. The molecule has 0 radical (unpaired) electrons. The summed E-state index contributed by atoms with van der Waals surface area (Å²) in [4.78, 5) is 65.3. The number of carbonyl (C=O) groups is 5. The van der Waals surface area contributed by atoms with Crippen molar-refractivity contribution < 1.29 is 247 Å². The zero-order chi connectivity index (χ0) is 103. The number of benzene rings is 7. The van der Waals surface area contributed by atoms with Gasteiger partial charge in [0.05, 0.1) is 101 Å². The number of fused-ring (bicyclic) bond motifs is 1. The van der Waals surface area contributed by atoms with Crippen LogP contribution in [0.2, 0.25) is 0 Å². The van der Waals surface area contributed by atoms with Crippen LogP contribution in [0.1, 0.15) is 236 Å². The molecule has 35 nitrogen and oxygen atoms in total. The van der Waals surface area contributed by atoms with Crippen LogP contribution >= 0.6 is 72.6 Å². The van der Waals surface area contributed by atoms with Gasteiger partial charge in [-0.25, -0.2) is 4.79 Å². The van der Waals surface area contributed by atoms with Crippen LogP contribution in [0.5, 0.6) is 40.2 Å². The third-order valence-electron chi connectivity index (χ3n) is 23.7.